The zero-order valence-corrected chi connectivity index (χ0v) is 31.5. The first-order valence-corrected chi connectivity index (χ1v) is 18.8. The number of aromatic nitrogens is 2. The summed E-state index contributed by atoms with van der Waals surface area (Å²) in [4.78, 5) is 55.2. The van der Waals surface area contributed by atoms with Crippen molar-refractivity contribution in [1.29, 1.82) is 0 Å². The second-order valence-electron chi connectivity index (χ2n) is 15.4. The van der Waals surface area contributed by atoms with Gasteiger partial charge in [0.2, 0.25) is 11.8 Å². The summed E-state index contributed by atoms with van der Waals surface area (Å²) < 4.78 is 17.7. The molecule has 0 N–H and O–H groups in total. The predicted octanol–water partition coefficient (Wildman–Crippen LogP) is 6.93. The van der Waals surface area contributed by atoms with Gasteiger partial charge in [0.15, 0.2) is 0 Å². The van der Waals surface area contributed by atoms with Crippen molar-refractivity contribution in [2.45, 2.75) is 83.3 Å². The van der Waals surface area contributed by atoms with Gasteiger partial charge in [0.1, 0.15) is 37.2 Å². The highest BCUT2D eigenvalue weighted by Crippen LogP contribution is 2.45. The highest BCUT2D eigenvalue weighted by molar-refractivity contribution is 5.91. The number of hydroxylamine groups is 2. The van der Waals surface area contributed by atoms with Gasteiger partial charge >= 0.3 is 18.2 Å². The molecule has 8 rings (SSSR count). The number of hydrogen-bond donors (Lipinski definition) is 0. The molecule has 14 nitrogen and oxygen atoms in total. The Morgan fingerprint density at radius 2 is 1.58 bits per heavy atom. The summed E-state index contributed by atoms with van der Waals surface area (Å²) in [6.45, 7) is 8.86. The molecule has 1 aliphatic carbocycles. The van der Waals surface area contributed by atoms with E-state index in [-0.39, 0.29) is 43.1 Å². The van der Waals surface area contributed by atoms with E-state index in [2.05, 4.69) is 39.5 Å². The molecular weight excluding hydrogens is 702 g/mol. The van der Waals surface area contributed by atoms with Crippen LogP contribution in [0.3, 0.4) is 0 Å². The van der Waals surface area contributed by atoms with E-state index in [1.54, 1.807) is 37.5 Å². The van der Waals surface area contributed by atoms with Crippen LogP contribution in [0.15, 0.2) is 88.3 Å². The van der Waals surface area contributed by atoms with Gasteiger partial charge < -0.3 is 23.7 Å². The van der Waals surface area contributed by atoms with Crippen molar-refractivity contribution in [3.63, 3.8) is 0 Å². The number of ether oxygens (including phenoxy) is 2. The topological polar surface area (TPSA) is 143 Å². The molecule has 0 spiro atoms. The Labute approximate surface area is 319 Å². The maximum absolute atomic E-state index is 14.0. The van der Waals surface area contributed by atoms with Crippen molar-refractivity contribution in [3.8, 4) is 11.1 Å². The minimum Gasteiger partial charge on any atom is -0.448 e. The molecule has 55 heavy (non-hydrogen) atoms. The first-order valence-electron chi connectivity index (χ1n) is 18.8. The number of amides is 4. The van der Waals surface area contributed by atoms with Crippen LogP contribution in [-0.2, 0) is 27.5 Å². The second-order valence-corrected chi connectivity index (χ2v) is 15.4. The average molecular weight is 748 g/mol. The van der Waals surface area contributed by atoms with Crippen LogP contribution in [0.25, 0.3) is 11.1 Å². The molecule has 0 saturated carbocycles. The molecule has 14 heteroatoms. The Kier molecular flexibility index (Phi) is 9.76. The molecule has 2 bridgehead atoms. The van der Waals surface area contributed by atoms with Crippen molar-refractivity contribution in [1.82, 2.24) is 30.0 Å². The van der Waals surface area contributed by atoms with E-state index in [0.717, 1.165) is 27.8 Å². The number of amidine groups is 1. The molecule has 3 saturated heterocycles. The average Bonchev–Trinajstić information content (AvgIpc) is 3.81. The smallest absolute Gasteiger partial charge is 0.435 e. The molecule has 2 atom stereocenters. The lowest BCUT2D eigenvalue weighted by molar-refractivity contribution is -0.140. The Balaban J connectivity index is 0.964. The van der Waals surface area contributed by atoms with Gasteiger partial charge in [-0.05, 0) is 68.4 Å². The van der Waals surface area contributed by atoms with Crippen LogP contribution in [0, 0.1) is 0 Å². The van der Waals surface area contributed by atoms with Gasteiger partial charge in [-0.25, -0.2) is 14.4 Å². The van der Waals surface area contributed by atoms with Gasteiger partial charge in [0.05, 0.1) is 12.1 Å². The maximum Gasteiger partial charge on any atom is 0.435 e. The fourth-order valence-electron chi connectivity index (χ4n) is 7.81. The van der Waals surface area contributed by atoms with Crippen LogP contribution < -0.4 is 0 Å². The van der Waals surface area contributed by atoms with Gasteiger partial charge in [0, 0.05) is 25.6 Å². The minimum absolute atomic E-state index is 0.0000398. The van der Waals surface area contributed by atoms with E-state index in [1.807, 2.05) is 59.5 Å². The second kappa shape index (κ2) is 14.8. The highest BCUT2D eigenvalue weighted by Gasteiger charge is 2.48. The normalized spacial score (nSPS) is 19.6. The minimum atomic E-state index is -0.670. The van der Waals surface area contributed by atoms with Gasteiger partial charge in [-0.2, -0.15) is 10.1 Å². The largest absolute Gasteiger partial charge is 0.448 e. The lowest BCUT2D eigenvalue weighted by atomic mass is 9.98. The molecule has 0 unspecified atom stereocenters. The first kappa shape index (κ1) is 36.2. The number of likely N-dealkylation sites (tertiary alicyclic amines) is 1. The zero-order valence-electron chi connectivity index (χ0n) is 31.5. The number of piperidine rings is 1. The molecule has 4 amide bonds. The van der Waals surface area contributed by atoms with Crippen LogP contribution in [0.5, 0.6) is 0 Å². The number of rotatable bonds is 9. The van der Waals surface area contributed by atoms with Crippen molar-refractivity contribution in [2.75, 3.05) is 26.2 Å². The van der Waals surface area contributed by atoms with E-state index in [9.17, 15) is 14.4 Å². The summed E-state index contributed by atoms with van der Waals surface area (Å²) in [6.07, 6.45) is 0.159. The number of hydrogen-bond acceptors (Lipinski definition) is 9. The summed E-state index contributed by atoms with van der Waals surface area (Å²) in [5.74, 6) is 0.922. The standard InChI is InChI=1S/C41H45N7O7/c1-26(42-38(49)55-41(2,3)4)45-20-29(21-45)46(40(51)52-25-34-32-16-10-8-14-30(32)31-15-9-11-17-33(31)34)23-36-43-44-37(54-36)35-19-18-28-22-47(35)39(50)48(28)53-24-27-12-6-5-7-13-27/h5-17,28-29,34-35H,18-25H2,1-4H3/b42-26-/t28-,35+/m1/s1. The van der Waals surface area contributed by atoms with Crippen LogP contribution in [0.2, 0.25) is 0 Å². The molecular formula is C41H45N7O7. The van der Waals surface area contributed by atoms with Crippen molar-refractivity contribution < 1.29 is 33.1 Å². The monoisotopic (exact) mass is 747 g/mol. The number of nitrogens with zero attached hydrogens (tertiary/aromatic N) is 7. The molecule has 4 heterocycles. The van der Waals surface area contributed by atoms with Gasteiger partial charge in [-0.1, -0.05) is 78.9 Å². The Morgan fingerprint density at radius 1 is 0.909 bits per heavy atom. The van der Waals surface area contributed by atoms with Crippen molar-refractivity contribution in [2.24, 2.45) is 4.99 Å². The summed E-state index contributed by atoms with van der Waals surface area (Å²) in [6, 6.07) is 25.1. The number of fused-ring (bicyclic) bond motifs is 5. The predicted molar refractivity (Wildman–Crippen MR) is 201 cm³/mol. The Morgan fingerprint density at radius 3 is 2.27 bits per heavy atom. The fourth-order valence-corrected chi connectivity index (χ4v) is 7.81. The zero-order chi connectivity index (χ0) is 38.3. The van der Waals surface area contributed by atoms with Crippen LogP contribution >= 0.6 is 0 Å². The number of benzene rings is 3. The quantitative estimate of drug-likeness (QED) is 0.131. The van der Waals surface area contributed by atoms with Gasteiger partial charge in [-0.15, -0.1) is 10.2 Å². The summed E-state index contributed by atoms with van der Waals surface area (Å²) in [5.41, 5.74) is 4.82. The van der Waals surface area contributed by atoms with Crippen LogP contribution in [-0.4, -0.2) is 97.9 Å². The van der Waals surface area contributed by atoms with E-state index < -0.39 is 23.8 Å². The number of aliphatic imine (C=N–C) groups is 1. The number of carbonyl (C=O) groups is 3. The van der Waals surface area contributed by atoms with E-state index in [1.165, 1.54) is 5.06 Å². The van der Waals surface area contributed by atoms with Crippen LogP contribution in [0.4, 0.5) is 14.4 Å². The molecule has 3 aromatic carbocycles. The third-order valence-corrected chi connectivity index (χ3v) is 10.6. The fraction of sp³-hybridized carbons (Fsp3) is 0.415. The third-order valence-electron chi connectivity index (χ3n) is 10.6. The number of carbonyl (C=O) groups excluding carboxylic acids is 3. The van der Waals surface area contributed by atoms with Crippen LogP contribution in [0.1, 0.15) is 81.0 Å². The lowest BCUT2D eigenvalue weighted by Crippen LogP contribution is -2.61. The van der Waals surface area contributed by atoms with Gasteiger partial charge in [-0.3, -0.25) is 9.74 Å². The van der Waals surface area contributed by atoms with E-state index in [0.29, 0.717) is 50.8 Å². The molecule has 0 radical (unpaired) electrons. The lowest BCUT2D eigenvalue weighted by Gasteiger charge is -2.45. The third kappa shape index (κ3) is 7.50. The maximum atomic E-state index is 14.0. The van der Waals surface area contributed by atoms with Crippen molar-refractivity contribution in [3.05, 3.63) is 107 Å². The molecule has 286 valence electrons. The Hall–Kier alpha value is -5.76. The number of urea groups is 1. The van der Waals surface area contributed by atoms with E-state index in [4.69, 9.17) is 18.7 Å². The summed E-state index contributed by atoms with van der Waals surface area (Å²) in [5, 5.41) is 10.2. The summed E-state index contributed by atoms with van der Waals surface area (Å²) >= 11 is 0. The SMILES string of the molecule is C/C(=N/C(=O)OC(C)(C)C)N1CC(N(Cc2nnc([C@@H]3CC[C@@H]4CN3C(=O)N4OCc3ccccc3)o2)C(=O)OCC2c3ccccc3-c3ccccc32)C1. The molecule has 1 aromatic heterocycles. The van der Waals surface area contributed by atoms with Gasteiger partial charge in [0.25, 0.3) is 0 Å². The van der Waals surface area contributed by atoms with Crippen molar-refractivity contribution >= 4 is 24.1 Å². The Bertz CT molecular complexity index is 2050. The molecule has 3 aliphatic heterocycles. The molecule has 4 aromatic rings. The van der Waals surface area contributed by atoms with E-state index >= 15 is 0 Å². The summed E-state index contributed by atoms with van der Waals surface area (Å²) in [7, 11) is 0. The first-order chi connectivity index (χ1) is 26.5. The molecule has 4 aliphatic rings. The molecule has 3 fully saturated rings. The highest BCUT2D eigenvalue weighted by atomic mass is 16.7.